The van der Waals surface area contributed by atoms with Crippen LogP contribution in [0.15, 0.2) is 61.2 Å². The fraction of sp³-hybridized carbons (Fsp3) is 0.348. The number of piperidine rings is 1. The molecule has 1 fully saturated rings. The summed E-state index contributed by atoms with van der Waals surface area (Å²) in [5.41, 5.74) is 4.62. The minimum absolute atomic E-state index is 0.0639. The molecular formula is C23H27N2O2+. The third-order valence-corrected chi connectivity index (χ3v) is 6.07. The molecule has 0 spiro atoms. The van der Waals surface area contributed by atoms with E-state index < -0.39 is 0 Å². The van der Waals surface area contributed by atoms with Gasteiger partial charge in [0.25, 0.3) is 0 Å². The summed E-state index contributed by atoms with van der Waals surface area (Å²) < 4.78 is 6.70. The Bertz CT molecular complexity index is 829. The van der Waals surface area contributed by atoms with Crippen LogP contribution in [0.3, 0.4) is 0 Å². The number of rotatable bonds is 3. The third kappa shape index (κ3) is 3.26. The molecule has 0 unspecified atom stereocenters. The van der Waals surface area contributed by atoms with Crippen molar-refractivity contribution in [2.24, 2.45) is 0 Å². The van der Waals surface area contributed by atoms with E-state index in [9.17, 15) is 4.79 Å². The number of nitrogens with one attached hydrogen (secondary N) is 1. The van der Waals surface area contributed by atoms with Crippen molar-refractivity contribution in [3.05, 3.63) is 72.3 Å². The van der Waals surface area contributed by atoms with Gasteiger partial charge in [0.2, 0.25) is 0 Å². The van der Waals surface area contributed by atoms with Gasteiger partial charge in [-0.15, -0.1) is 0 Å². The van der Waals surface area contributed by atoms with Crippen molar-refractivity contribution in [3.8, 4) is 11.1 Å². The fourth-order valence-electron chi connectivity index (χ4n) is 4.42. The van der Waals surface area contributed by atoms with Gasteiger partial charge in [0.05, 0.1) is 26.7 Å². The minimum Gasteiger partial charge on any atom is -0.446 e. The molecular weight excluding hydrogens is 336 g/mol. The van der Waals surface area contributed by atoms with Gasteiger partial charge in [-0.1, -0.05) is 55.1 Å². The van der Waals surface area contributed by atoms with Crippen molar-refractivity contribution >= 4 is 6.09 Å². The molecule has 1 aliphatic carbocycles. The molecule has 2 aromatic rings. The molecule has 4 rings (SSSR count). The van der Waals surface area contributed by atoms with E-state index in [4.69, 9.17) is 4.74 Å². The second-order valence-electron chi connectivity index (χ2n) is 8.11. The van der Waals surface area contributed by atoms with E-state index in [0.29, 0.717) is 6.04 Å². The number of likely N-dealkylation sites (N-methyl/N-ethyl adjacent to an activating group) is 1. The number of carbonyl (C=O) groups is 1. The lowest BCUT2D eigenvalue weighted by Crippen LogP contribution is -2.55. The predicted molar refractivity (Wildman–Crippen MR) is 107 cm³/mol. The standard InChI is InChI=1S/C23H26N2O2/c1-4-16-15-17(13-14-25(16,2)3)27-23(26)24-22-20-11-7-5-9-18(20)19-10-6-8-12-21(19)22/h4-12,16-17,22H,1,13-15H2,2-3H3/p+1/t16-,17+/m1/s1. The Labute approximate surface area is 161 Å². The van der Waals surface area contributed by atoms with Gasteiger partial charge < -0.3 is 14.5 Å². The molecule has 0 bridgehead atoms. The van der Waals surface area contributed by atoms with E-state index in [2.05, 4.69) is 50.3 Å². The molecule has 1 heterocycles. The molecule has 1 N–H and O–H groups in total. The number of ether oxygens (including phenoxy) is 1. The summed E-state index contributed by atoms with van der Waals surface area (Å²) in [4.78, 5) is 12.7. The molecule has 0 aromatic heterocycles. The first kappa shape index (κ1) is 17.8. The Hall–Kier alpha value is -2.59. The molecule has 2 aromatic carbocycles. The van der Waals surface area contributed by atoms with Gasteiger partial charge in [-0.3, -0.25) is 0 Å². The number of likely N-dealkylation sites (tertiary alicyclic amines) is 1. The summed E-state index contributed by atoms with van der Waals surface area (Å²) in [6, 6.07) is 16.6. The fourth-order valence-corrected chi connectivity index (χ4v) is 4.42. The average molecular weight is 363 g/mol. The van der Waals surface area contributed by atoms with Crippen LogP contribution < -0.4 is 5.32 Å². The zero-order chi connectivity index (χ0) is 19.0. The maximum absolute atomic E-state index is 12.7. The van der Waals surface area contributed by atoms with Gasteiger partial charge >= 0.3 is 6.09 Å². The highest BCUT2D eigenvalue weighted by Crippen LogP contribution is 2.43. The monoisotopic (exact) mass is 363 g/mol. The van der Waals surface area contributed by atoms with Crippen LogP contribution >= 0.6 is 0 Å². The van der Waals surface area contributed by atoms with Crippen molar-refractivity contribution in [1.82, 2.24) is 5.32 Å². The number of hydrogen-bond acceptors (Lipinski definition) is 2. The number of alkyl carbamates (subject to hydrolysis) is 1. The van der Waals surface area contributed by atoms with Gasteiger partial charge in [0.15, 0.2) is 0 Å². The lowest BCUT2D eigenvalue weighted by molar-refractivity contribution is -0.914. The summed E-state index contributed by atoms with van der Waals surface area (Å²) >= 11 is 0. The van der Waals surface area contributed by atoms with Crippen LogP contribution in [0, 0.1) is 0 Å². The lowest BCUT2D eigenvalue weighted by atomic mass is 9.97. The molecule has 27 heavy (non-hydrogen) atoms. The molecule has 0 saturated carbocycles. The number of benzene rings is 2. The van der Waals surface area contributed by atoms with Crippen LogP contribution in [0.4, 0.5) is 4.79 Å². The Morgan fingerprint density at radius 1 is 1.11 bits per heavy atom. The predicted octanol–water partition coefficient (Wildman–Crippen LogP) is 4.28. The van der Waals surface area contributed by atoms with Gasteiger partial charge in [-0.25, -0.2) is 4.79 Å². The molecule has 4 nitrogen and oxygen atoms in total. The number of amides is 1. The molecule has 2 aliphatic rings. The van der Waals surface area contributed by atoms with Gasteiger partial charge in [0.1, 0.15) is 12.1 Å². The van der Waals surface area contributed by atoms with Gasteiger partial charge in [-0.05, 0) is 28.3 Å². The number of quaternary nitrogens is 1. The number of carbonyl (C=O) groups excluding carboxylic acids is 1. The second kappa shape index (κ2) is 6.86. The van der Waals surface area contributed by atoms with E-state index in [0.717, 1.165) is 35.0 Å². The molecule has 1 amide bonds. The van der Waals surface area contributed by atoms with E-state index in [1.54, 1.807) is 0 Å². The van der Waals surface area contributed by atoms with Crippen LogP contribution in [-0.4, -0.2) is 43.4 Å². The smallest absolute Gasteiger partial charge is 0.408 e. The minimum atomic E-state index is -0.341. The zero-order valence-corrected chi connectivity index (χ0v) is 16.0. The normalized spacial score (nSPS) is 23.2. The van der Waals surface area contributed by atoms with Crippen LogP contribution in [0.2, 0.25) is 0 Å². The Kier molecular flexibility index (Phi) is 4.52. The number of hydrogen-bond donors (Lipinski definition) is 1. The molecule has 1 aliphatic heterocycles. The second-order valence-corrected chi connectivity index (χ2v) is 8.11. The van der Waals surface area contributed by atoms with Crippen molar-refractivity contribution in [2.75, 3.05) is 20.6 Å². The quantitative estimate of drug-likeness (QED) is 0.653. The Morgan fingerprint density at radius 2 is 1.70 bits per heavy atom. The van der Waals surface area contributed by atoms with E-state index >= 15 is 0 Å². The first-order valence-corrected chi connectivity index (χ1v) is 9.60. The van der Waals surface area contributed by atoms with Crippen LogP contribution in [0.5, 0.6) is 0 Å². The third-order valence-electron chi connectivity index (χ3n) is 6.07. The van der Waals surface area contributed by atoms with Crippen LogP contribution in [-0.2, 0) is 4.74 Å². The Morgan fingerprint density at radius 3 is 2.30 bits per heavy atom. The summed E-state index contributed by atoms with van der Waals surface area (Å²) in [5, 5.41) is 3.10. The summed E-state index contributed by atoms with van der Waals surface area (Å²) in [6.45, 7) is 4.93. The molecule has 0 radical (unpaired) electrons. The van der Waals surface area contributed by atoms with Crippen LogP contribution in [0.1, 0.15) is 30.0 Å². The molecule has 2 atom stereocenters. The zero-order valence-electron chi connectivity index (χ0n) is 16.0. The molecule has 4 heteroatoms. The highest BCUT2D eigenvalue weighted by atomic mass is 16.6. The average Bonchev–Trinajstić information content (AvgIpc) is 2.97. The first-order valence-electron chi connectivity index (χ1n) is 9.60. The van der Waals surface area contributed by atoms with Crippen molar-refractivity contribution in [1.29, 1.82) is 0 Å². The van der Waals surface area contributed by atoms with Crippen molar-refractivity contribution < 1.29 is 14.0 Å². The summed E-state index contributed by atoms with van der Waals surface area (Å²) in [5.74, 6) is 0. The van der Waals surface area contributed by atoms with Crippen molar-refractivity contribution in [3.63, 3.8) is 0 Å². The molecule has 1 saturated heterocycles. The Balaban J connectivity index is 1.48. The largest absolute Gasteiger partial charge is 0.446 e. The SMILES string of the molecule is C=C[C@@H]1C[C@@H](OC(=O)NC2c3ccccc3-c3ccccc32)CC[N+]1(C)C. The molecule has 140 valence electrons. The summed E-state index contributed by atoms with van der Waals surface area (Å²) in [6.07, 6.45) is 3.28. The topological polar surface area (TPSA) is 38.3 Å². The first-order chi connectivity index (χ1) is 13.0. The summed E-state index contributed by atoms with van der Waals surface area (Å²) in [7, 11) is 4.41. The van der Waals surface area contributed by atoms with Crippen LogP contribution in [0.25, 0.3) is 11.1 Å². The van der Waals surface area contributed by atoms with E-state index in [1.165, 1.54) is 11.1 Å². The number of fused-ring (bicyclic) bond motifs is 3. The number of nitrogens with zero attached hydrogens (tertiary/aromatic N) is 1. The van der Waals surface area contributed by atoms with E-state index in [-0.39, 0.29) is 18.2 Å². The lowest BCUT2D eigenvalue weighted by Gasteiger charge is -2.42. The maximum Gasteiger partial charge on any atom is 0.408 e. The highest BCUT2D eigenvalue weighted by molar-refractivity contribution is 5.81. The van der Waals surface area contributed by atoms with Gasteiger partial charge in [-0.2, -0.15) is 0 Å². The maximum atomic E-state index is 12.7. The van der Waals surface area contributed by atoms with Crippen molar-refractivity contribution in [2.45, 2.75) is 31.0 Å². The van der Waals surface area contributed by atoms with E-state index in [1.807, 2.05) is 30.3 Å². The van der Waals surface area contributed by atoms with Gasteiger partial charge in [0, 0.05) is 12.8 Å². The highest BCUT2D eigenvalue weighted by Gasteiger charge is 2.37.